The van der Waals surface area contributed by atoms with E-state index >= 15 is 0 Å². The quantitative estimate of drug-likeness (QED) is 0.878. The van der Waals surface area contributed by atoms with E-state index in [2.05, 4.69) is 0 Å². The minimum atomic E-state index is -1.27. The Bertz CT molecular complexity index is 547. The summed E-state index contributed by atoms with van der Waals surface area (Å²) in [5.74, 6) is -0.820. The van der Waals surface area contributed by atoms with E-state index in [1.54, 1.807) is 13.8 Å². The van der Waals surface area contributed by atoms with Gasteiger partial charge in [-0.2, -0.15) is 0 Å². The molecular weight excluding hydrogens is 286 g/mol. The van der Waals surface area contributed by atoms with Gasteiger partial charge in [0.2, 0.25) is 0 Å². The van der Waals surface area contributed by atoms with Crippen molar-refractivity contribution in [1.82, 2.24) is 4.90 Å². The van der Waals surface area contributed by atoms with Gasteiger partial charge >= 0.3 is 0 Å². The first-order valence-electron chi connectivity index (χ1n) is 7.42. The summed E-state index contributed by atoms with van der Waals surface area (Å²) in [6.45, 7) is 3.72. The number of fused-ring (bicyclic) bond motifs is 1. The number of benzene rings is 1. The monoisotopic (exact) mass is 306 g/mol. The Morgan fingerprint density at radius 2 is 1.95 bits per heavy atom. The van der Waals surface area contributed by atoms with Crippen molar-refractivity contribution < 1.29 is 24.5 Å². The SMILES string of the molecule is CC1(C)O[C@@H]2[C@H](O1)[C@@H](O)C[C@H]2N(Cc1ccccc1)C(=O)[O-]. The van der Waals surface area contributed by atoms with Crippen molar-refractivity contribution in [2.24, 2.45) is 0 Å². The molecular formula is C16H20NO5-. The largest absolute Gasteiger partial charge is 0.530 e. The highest BCUT2D eigenvalue weighted by Gasteiger charge is 2.55. The van der Waals surface area contributed by atoms with Gasteiger partial charge in [-0.25, -0.2) is 0 Å². The van der Waals surface area contributed by atoms with E-state index in [0.29, 0.717) is 0 Å². The third-order valence-electron chi connectivity index (χ3n) is 4.24. The highest BCUT2D eigenvalue weighted by Crippen LogP contribution is 2.40. The number of carboxylic acid groups (broad SMARTS) is 1. The van der Waals surface area contributed by atoms with Gasteiger partial charge in [0, 0.05) is 6.54 Å². The van der Waals surface area contributed by atoms with Gasteiger partial charge in [0.05, 0.1) is 12.1 Å². The molecule has 0 aromatic heterocycles. The van der Waals surface area contributed by atoms with Crippen molar-refractivity contribution >= 4 is 6.09 Å². The van der Waals surface area contributed by atoms with Crippen LogP contribution in [0.15, 0.2) is 30.3 Å². The average Bonchev–Trinajstić information content (AvgIpc) is 2.92. The molecule has 1 aliphatic carbocycles. The lowest BCUT2D eigenvalue weighted by Gasteiger charge is -2.34. The van der Waals surface area contributed by atoms with Gasteiger partial charge < -0.3 is 29.4 Å². The molecule has 0 spiro atoms. The molecule has 6 heteroatoms. The lowest BCUT2D eigenvalue weighted by molar-refractivity contribution is -0.271. The summed E-state index contributed by atoms with van der Waals surface area (Å²) in [5, 5.41) is 21.7. The number of carbonyl (C=O) groups is 1. The lowest BCUT2D eigenvalue weighted by atomic mass is 10.1. The van der Waals surface area contributed by atoms with Crippen LogP contribution in [0.5, 0.6) is 0 Å². The minimum Gasteiger partial charge on any atom is -0.530 e. The van der Waals surface area contributed by atoms with Gasteiger partial charge in [-0.15, -0.1) is 0 Å². The van der Waals surface area contributed by atoms with E-state index in [1.807, 2.05) is 30.3 Å². The number of rotatable bonds is 3. The van der Waals surface area contributed by atoms with E-state index in [-0.39, 0.29) is 13.0 Å². The van der Waals surface area contributed by atoms with E-state index in [4.69, 9.17) is 9.47 Å². The Balaban J connectivity index is 1.82. The van der Waals surface area contributed by atoms with Crippen LogP contribution < -0.4 is 5.11 Å². The molecule has 1 aromatic rings. The highest BCUT2D eigenvalue weighted by atomic mass is 16.8. The van der Waals surface area contributed by atoms with Gasteiger partial charge in [0.15, 0.2) is 5.79 Å². The molecule has 22 heavy (non-hydrogen) atoms. The topological polar surface area (TPSA) is 82.1 Å². The summed E-state index contributed by atoms with van der Waals surface area (Å²) >= 11 is 0. The Morgan fingerprint density at radius 1 is 1.32 bits per heavy atom. The van der Waals surface area contributed by atoms with Gasteiger partial charge in [-0.1, -0.05) is 30.3 Å². The third-order valence-corrected chi connectivity index (χ3v) is 4.24. The number of hydrogen-bond acceptors (Lipinski definition) is 5. The fourth-order valence-corrected chi connectivity index (χ4v) is 3.33. The molecule has 3 rings (SSSR count). The molecule has 1 saturated heterocycles. The molecule has 1 aromatic carbocycles. The first-order chi connectivity index (χ1) is 10.4. The molecule has 0 bridgehead atoms. The maximum Gasteiger partial charge on any atom is 0.164 e. The number of nitrogens with zero attached hydrogens (tertiary/aromatic N) is 1. The summed E-state index contributed by atoms with van der Waals surface area (Å²) < 4.78 is 11.5. The van der Waals surface area contributed by atoms with Crippen LogP contribution in [0.25, 0.3) is 0 Å². The van der Waals surface area contributed by atoms with Crippen molar-refractivity contribution in [1.29, 1.82) is 0 Å². The maximum absolute atomic E-state index is 11.6. The molecule has 1 saturated carbocycles. The summed E-state index contributed by atoms with van der Waals surface area (Å²) in [4.78, 5) is 12.8. The Hall–Kier alpha value is -1.63. The molecule has 6 nitrogen and oxygen atoms in total. The predicted octanol–water partition coefficient (Wildman–Crippen LogP) is 0.485. The number of amides is 1. The highest BCUT2D eigenvalue weighted by molar-refractivity contribution is 5.63. The van der Waals surface area contributed by atoms with Crippen LogP contribution in [0.1, 0.15) is 25.8 Å². The summed E-state index contributed by atoms with van der Waals surface area (Å²) in [7, 11) is 0. The minimum absolute atomic E-state index is 0.202. The Morgan fingerprint density at radius 3 is 2.59 bits per heavy atom. The van der Waals surface area contributed by atoms with Crippen molar-refractivity contribution in [2.75, 3.05) is 0 Å². The smallest absolute Gasteiger partial charge is 0.164 e. The molecule has 0 radical (unpaired) electrons. The predicted molar refractivity (Wildman–Crippen MR) is 75.6 cm³/mol. The van der Waals surface area contributed by atoms with E-state index in [9.17, 15) is 15.0 Å². The molecule has 1 N–H and O–H groups in total. The fraction of sp³-hybridized carbons (Fsp3) is 0.562. The standard InChI is InChI=1S/C16H21NO5/c1-16(2)21-13-11(8-12(18)14(13)22-16)17(15(19)20)9-10-6-4-3-5-7-10/h3-7,11-14,18H,8-9H2,1-2H3,(H,19,20)/p-1/t11-,12+,13+,14-/m1/s1. The second kappa shape index (κ2) is 5.53. The number of aliphatic hydroxyl groups excluding tert-OH is 1. The lowest BCUT2D eigenvalue weighted by Crippen LogP contribution is -2.51. The molecule has 120 valence electrons. The molecule has 1 aliphatic heterocycles. The second-order valence-corrected chi connectivity index (χ2v) is 6.31. The maximum atomic E-state index is 11.6. The van der Waals surface area contributed by atoms with E-state index in [0.717, 1.165) is 5.56 Å². The van der Waals surface area contributed by atoms with Gasteiger partial charge in [-0.3, -0.25) is 0 Å². The van der Waals surface area contributed by atoms with Crippen molar-refractivity contribution in [3.05, 3.63) is 35.9 Å². The van der Waals surface area contributed by atoms with Crippen molar-refractivity contribution in [2.45, 2.75) is 57.0 Å². The zero-order valence-corrected chi connectivity index (χ0v) is 12.6. The third kappa shape index (κ3) is 2.82. The van der Waals surface area contributed by atoms with Crippen LogP contribution >= 0.6 is 0 Å². The first-order valence-corrected chi connectivity index (χ1v) is 7.42. The zero-order valence-electron chi connectivity index (χ0n) is 12.6. The Labute approximate surface area is 129 Å². The van der Waals surface area contributed by atoms with Gasteiger partial charge in [0.1, 0.15) is 18.3 Å². The van der Waals surface area contributed by atoms with Crippen LogP contribution in [0.3, 0.4) is 0 Å². The van der Waals surface area contributed by atoms with Crippen molar-refractivity contribution in [3.8, 4) is 0 Å². The number of ether oxygens (including phenoxy) is 2. The van der Waals surface area contributed by atoms with Crippen LogP contribution in [0, 0.1) is 0 Å². The Kier molecular flexibility index (Phi) is 3.84. The average molecular weight is 306 g/mol. The number of carbonyl (C=O) groups excluding carboxylic acids is 1. The van der Waals surface area contributed by atoms with Crippen LogP contribution in [-0.2, 0) is 16.0 Å². The van der Waals surface area contributed by atoms with Crippen LogP contribution in [-0.4, -0.2) is 46.2 Å². The van der Waals surface area contributed by atoms with Gasteiger partial charge in [0.25, 0.3) is 0 Å². The van der Waals surface area contributed by atoms with Gasteiger partial charge in [-0.05, 0) is 25.8 Å². The molecule has 1 heterocycles. The van der Waals surface area contributed by atoms with E-state index < -0.39 is 36.2 Å². The first kappa shape index (κ1) is 15.3. The molecule has 4 atom stereocenters. The molecule has 1 amide bonds. The fourth-order valence-electron chi connectivity index (χ4n) is 3.33. The summed E-state index contributed by atoms with van der Waals surface area (Å²) in [6.07, 6.45) is -2.71. The second-order valence-electron chi connectivity index (χ2n) is 6.31. The number of aliphatic hydroxyl groups is 1. The van der Waals surface area contributed by atoms with Crippen molar-refractivity contribution in [3.63, 3.8) is 0 Å². The van der Waals surface area contributed by atoms with Crippen LogP contribution in [0.2, 0.25) is 0 Å². The normalized spacial score (nSPS) is 32.7. The summed E-state index contributed by atoms with van der Waals surface area (Å²) in [6, 6.07) is 8.81. The molecule has 2 aliphatic rings. The zero-order chi connectivity index (χ0) is 15.9. The number of hydrogen-bond donors (Lipinski definition) is 1. The molecule has 2 fully saturated rings. The molecule has 0 unspecified atom stereocenters. The summed E-state index contributed by atoms with van der Waals surface area (Å²) in [5.41, 5.74) is 0.864. The van der Waals surface area contributed by atoms with E-state index in [1.165, 1.54) is 4.90 Å². The van der Waals surface area contributed by atoms with Crippen LogP contribution in [0.4, 0.5) is 4.79 Å².